The summed E-state index contributed by atoms with van der Waals surface area (Å²) in [6.07, 6.45) is 8.26. The summed E-state index contributed by atoms with van der Waals surface area (Å²) in [5, 5.41) is 4.45. The fraction of sp³-hybridized carbons (Fsp3) is 0.438. The molecule has 0 saturated heterocycles. The highest BCUT2D eigenvalue weighted by molar-refractivity contribution is 7.15. The number of nitrogens with one attached hydrogen (secondary N) is 1. The Kier molecular flexibility index (Phi) is 5.62. The first-order chi connectivity index (χ1) is 9.78. The highest BCUT2D eigenvalue weighted by Gasteiger charge is 2.33. The van der Waals surface area contributed by atoms with Crippen molar-refractivity contribution >= 4 is 28.9 Å². The molecule has 3 N–H and O–H groups in total. The van der Waals surface area contributed by atoms with E-state index in [0.29, 0.717) is 5.13 Å². The molecule has 21 heavy (non-hydrogen) atoms. The Labute approximate surface area is 136 Å². The fourth-order valence-corrected chi connectivity index (χ4v) is 3.76. The number of benzene rings is 1. The van der Waals surface area contributed by atoms with E-state index in [1.165, 1.54) is 42.5 Å². The second-order valence-corrected chi connectivity index (χ2v) is 6.67. The lowest BCUT2D eigenvalue weighted by molar-refractivity contribution is 0.232. The van der Waals surface area contributed by atoms with Gasteiger partial charge in [0.25, 0.3) is 0 Å². The first kappa shape index (κ1) is 16.3. The Hall–Kier alpha value is -1.10. The second-order valence-electron chi connectivity index (χ2n) is 5.53. The fourth-order valence-electron chi connectivity index (χ4n) is 3.14. The third-order valence-electron chi connectivity index (χ3n) is 4.21. The summed E-state index contributed by atoms with van der Waals surface area (Å²) in [7, 11) is 0. The molecule has 1 aliphatic carbocycles. The predicted octanol–water partition coefficient (Wildman–Crippen LogP) is 4.10. The summed E-state index contributed by atoms with van der Waals surface area (Å²) in [4.78, 5) is 5.34. The maximum atomic E-state index is 5.71. The van der Waals surface area contributed by atoms with Gasteiger partial charge in [-0.15, -0.1) is 23.7 Å². The molecule has 0 radical (unpaired) electrons. The van der Waals surface area contributed by atoms with Gasteiger partial charge in [-0.2, -0.15) is 0 Å². The zero-order valence-electron chi connectivity index (χ0n) is 12.0. The molecule has 1 aromatic heterocycles. The minimum absolute atomic E-state index is 0. The lowest BCUT2D eigenvalue weighted by Crippen LogP contribution is -2.43. The van der Waals surface area contributed by atoms with Gasteiger partial charge in [0, 0.05) is 23.2 Å². The number of halogens is 1. The summed E-state index contributed by atoms with van der Waals surface area (Å²) >= 11 is 1.57. The minimum Gasteiger partial charge on any atom is -0.375 e. The molecule has 0 spiro atoms. The van der Waals surface area contributed by atoms with Gasteiger partial charge in [0.05, 0.1) is 0 Å². The topological polar surface area (TPSA) is 50.9 Å². The van der Waals surface area contributed by atoms with Crippen LogP contribution in [0.25, 0.3) is 0 Å². The van der Waals surface area contributed by atoms with Crippen LogP contribution >= 0.6 is 23.7 Å². The molecule has 2 aromatic rings. The maximum absolute atomic E-state index is 5.71. The van der Waals surface area contributed by atoms with Crippen molar-refractivity contribution in [3.05, 3.63) is 47.0 Å². The summed E-state index contributed by atoms with van der Waals surface area (Å²) in [6.45, 7) is 0.851. The van der Waals surface area contributed by atoms with Crippen LogP contribution in [0, 0.1) is 0 Å². The standard InChI is InChI=1S/C16H21N3S.ClH/c17-15-18-11-14(20-15)12-19-16(9-5-2-6-10-16)13-7-3-1-4-8-13;/h1,3-4,7-8,11,19H,2,5-6,9-10,12H2,(H2,17,18);1H. The molecule has 0 bridgehead atoms. The number of anilines is 1. The van der Waals surface area contributed by atoms with Crippen LogP contribution in [0.3, 0.4) is 0 Å². The largest absolute Gasteiger partial charge is 0.375 e. The van der Waals surface area contributed by atoms with Crippen molar-refractivity contribution < 1.29 is 0 Å². The first-order valence-electron chi connectivity index (χ1n) is 7.29. The Bertz CT molecular complexity index is 550. The van der Waals surface area contributed by atoms with Crippen LogP contribution in [-0.2, 0) is 12.1 Å². The number of nitrogens with two attached hydrogens (primary N) is 1. The average Bonchev–Trinajstić information content (AvgIpc) is 2.93. The van der Waals surface area contributed by atoms with Crippen molar-refractivity contribution in [1.29, 1.82) is 0 Å². The lowest BCUT2D eigenvalue weighted by atomic mass is 9.76. The summed E-state index contributed by atoms with van der Waals surface area (Å²) in [5.41, 5.74) is 7.25. The Morgan fingerprint density at radius 2 is 1.86 bits per heavy atom. The molecule has 3 nitrogen and oxygen atoms in total. The average molecular weight is 324 g/mol. The number of aromatic nitrogens is 1. The van der Waals surface area contributed by atoms with Crippen molar-refractivity contribution in [2.75, 3.05) is 5.73 Å². The van der Waals surface area contributed by atoms with Gasteiger partial charge < -0.3 is 11.1 Å². The normalized spacial score (nSPS) is 17.1. The Morgan fingerprint density at radius 1 is 1.14 bits per heavy atom. The zero-order chi connectivity index (χ0) is 13.8. The molecule has 1 heterocycles. The van der Waals surface area contributed by atoms with Crippen molar-refractivity contribution in [1.82, 2.24) is 10.3 Å². The van der Waals surface area contributed by atoms with Crippen molar-refractivity contribution in [2.45, 2.75) is 44.2 Å². The Balaban J connectivity index is 0.00000161. The van der Waals surface area contributed by atoms with E-state index in [1.807, 2.05) is 6.20 Å². The Morgan fingerprint density at radius 3 is 2.48 bits per heavy atom. The molecule has 0 unspecified atom stereocenters. The van der Waals surface area contributed by atoms with Crippen LogP contribution in [-0.4, -0.2) is 4.98 Å². The predicted molar refractivity (Wildman–Crippen MR) is 91.8 cm³/mol. The van der Waals surface area contributed by atoms with Crippen molar-refractivity contribution in [3.8, 4) is 0 Å². The number of nitrogens with zero attached hydrogens (tertiary/aromatic N) is 1. The molecule has 1 saturated carbocycles. The quantitative estimate of drug-likeness (QED) is 0.890. The van der Waals surface area contributed by atoms with Gasteiger partial charge >= 0.3 is 0 Å². The van der Waals surface area contributed by atoms with Crippen molar-refractivity contribution in [2.24, 2.45) is 0 Å². The van der Waals surface area contributed by atoms with E-state index in [2.05, 4.69) is 40.6 Å². The van der Waals surface area contributed by atoms with Gasteiger partial charge in [0.2, 0.25) is 0 Å². The van der Waals surface area contributed by atoms with Crippen LogP contribution in [0.5, 0.6) is 0 Å². The lowest BCUT2D eigenvalue weighted by Gasteiger charge is -2.39. The molecule has 1 aliphatic rings. The van der Waals surface area contributed by atoms with Crippen molar-refractivity contribution in [3.63, 3.8) is 0 Å². The number of nitrogen functional groups attached to an aromatic ring is 1. The molecule has 5 heteroatoms. The number of rotatable bonds is 4. The van der Waals surface area contributed by atoms with Gasteiger partial charge in [-0.3, -0.25) is 0 Å². The summed E-state index contributed by atoms with van der Waals surface area (Å²) in [5.74, 6) is 0. The maximum Gasteiger partial charge on any atom is 0.180 e. The van der Waals surface area contributed by atoms with Crippen LogP contribution in [0.2, 0.25) is 0 Å². The van der Waals surface area contributed by atoms with Crippen LogP contribution in [0.4, 0.5) is 5.13 Å². The second kappa shape index (κ2) is 7.25. The van der Waals surface area contributed by atoms with Gasteiger partial charge in [-0.05, 0) is 18.4 Å². The molecule has 1 aromatic carbocycles. The van der Waals surface area contributed by atoms with Gasteiger partial charge in [-0.25, -0.2) is 4.98 Å². The zero-order valence-corrected chi connectivity index (χ0v) is 13.7. The van der Waals surface area contributed by atoms with E-state index in [4.69, 9.17) is 5.73 Å². The van der Waals surface area contributed by atoms with Crippen LogP contribution in [0.15, 0.2) is 36.5 Å². The van der Waals surface area contributed by atoms with Gasteiger partial charge in [0.1, 0.15) is 0 Å². The first-order valence-corrected chi connectivity index (χ1v) is 8.11. The van der Waals surface area contributed by atoms with Gasteiger partial charge in [0.15, 0.2) is 5.13 Å². The highest BCUT2D eigenvalue weighted by atomic mass is 35.5. The van der Waals surface area contributed by atoms with E-state index in [0.717, 1.165) is 6.54 Å². The highest BCUT2D eigenvalue weighted by Crippen LogP contribution is 2.37. The van der Waals surface area contributed by atoms with E-state index in [-0.39, 0.29) is 17.9 Å². The van der Waals surface area contributed by atoms with Gasteiger partial charge in [-0.1, -0.05) is 49.6 Å². The smallest absolute Gasteiger partial charge is 0.180 e. The molecule has 1 fully saturated rings. The molecule has 3 rings (SSSR count). The third-order valence-corrected chi connectivity index (χ3v) is 5.03. The third kappa shape index (κ3) is 3.76. The SMILES string of the molecule is Cl.Nc1ncc(CNC2(c3ccccc3)CCCCC2)s1. The van der Waals surface area contributed by atoms with E-state index in [9.17, 15) is 0 Å². The molecule has 0 amide bonds. The molecule has 114 valence electrons. The number of thiazole rings is 1. The molecule has 0 aliphatic heterocycles. The molecular formula is C16H22ClN3S. The van der Waals surface area contributed by atoms with E-state index < -0.39 is 0 Å². The van der Waals surface area contributed by atoms with E-state index in [1.54, 1.807) is 11.3 Å². The molecule has 0 atom stereocenters. The van der Waals surface area contributed by atoms with E-state index >= 15 is 0 Å². The van der Waals surface area contributed by atoms with Crippen LogP contribution < -0.4 is 11.1 Å². The monoisotopic (exact) mass is 323 g/mol. The number of hydrogen-bond donors (Lipinski definition) is 2. The summed E-state index contributed by atoms with van der Waals surface area (Å²) in [6, 6.07) is 10.9. The van der Waals surface area contributed by atoms with Crippen LogP contribution in [0.1, 0.15) is 42.5 Å². The number of hydrogen-bond acceptors (Lipinski definition) is 4. The molecular weight excluding hydrogens is 302 g/mol. The minimum atomic E-state index is 0. The summed E-state index contributed by atoms with van der Waals surface area (Å²) < 4.78 is 0.